The molecule has 4 nitrogen and oxygen atoms in total. The number of aromatic nitrogens is 2. The van der Waals surface area contributed by atoms with E-state index in [4.69, 9.17) is 10.3 Å². The van der Waals surface area contributed by atoms with Crippen LogP contribution in [0.4, 0.5) is 18.9 Å². The lowest BCUT2D eigenvalue weighted by Gasteiger charge is -2.06. The average Bonchev–Trinajstić information content (AvgIpc) is 2.99. The number of nitrogen functional groups attached to an aromatic ring is 1. The lowest BCUT2D eigenvalue weighted by Crippen LogP contribution is -2.04. The molecule has 7 heteroatoms. The van der Waals surface area contributed by atoms with E-state index in [0.29, 0.717) is 11.3 Å². The van der Waals surface area contributed by atoms with Crippen LogP contribution in [0.2, 0.25) is 0 Å². The highest BCUT2D eigenvalue weighted by Crippen LogP contribution is 2.32. The van der Waals surface area contributed by atoms with E-state index < -0.39 is 11.7 Å². The van der Waals surface area contributed by atoms with Crippen LogP contribution in [0.1, 0.15) is 11.1 Å². The Morgan fingerprint density at radius 3 is 2.52 bits per heavy atom. The van der Waals surface area contributed by atoms with Crippen molar-refractivity contribution >= 4 is 5.69 Å². The van der Waals surface area contributed by atoms with E-state index >= 15 is 0 Å². The first kappa shape index (κ1) is 15.1. The van der Waals surface area contributed by atoms with Gasteiger partial charge >= 0.3 is 6.18 Å². The molecule has 3 aromatic rings. The van der Waals surface area contributed by atoms with Gasteiger partial charge in [-0.05, 0) is 36.8 Å². The van der Waals surface area contributed by atoms with Gasteiger partial charge in [-0.25, -0.2) is 0 Å². The number of hydrogen-bond donors (Lipinski definition) is 1. The molecule has 118 valence electrons. The quantitative estimate of drug-likeness (QED) is 0.715. The Hall–Kier alpha value is -2.83. The first-order valence-electron chi connectivity index (χ1n) is 6.72. The van der Waals surface area contributed by atoms with Crippen LogP contribution < -0.4 is 5.73 Å². The molecule has 3 rings (SSSR count). The van der Waals surface area contributed by atoms with Gasteiger partial charge in [-0.15, -0.1) is 0 Å². The standard InChI is InChI=1S/C16H12F3N3O/c1-9-5-6-11(8-13(9)20)15-21-14(22-23-15)10-3-2-4-12(7-10)16(17,18)19/h2-8H,20H2,1H3. The van der Waals surface area contributed by atoms with Crippen molar-refractivity contribution in [2.45, 2.75) is 13.1 Å². The highest BCUT2D eigenvalue weighted by Gasteiger charge is 2.30. The normalized spacial score (nSPS) is 11.7. The van der Waals surface area contributed by atoms with Crippen LogP contribution in [-0.4, -0.2) is 10.1 Å². The first-order valence-corrected chi connectivity index (χ1v) is 6.72. The Labute approximate surface area is 129 Å². The molecular formula is C16H12F3N3O. The molecule has 0 saturated carbocycles. The van der Waals surface area contributed by atoms with Crippen molar-refractivity contribution in [2.24, 2.45) is 0 Å². The third-order valence-corrected chi connectivity index (χ3v) is 3.40. The summed E-state index contributed by atoms with van der Waals surface area (Å²) in [6, 6.07) is 10.0. The second kappa shape index (κ2) is 5.42. The summed E-state index contributed by atoms with van der Waals surface area (Å²) in [5, 5.41) is 3.74. The summed E-state index contributed by atoms with van der Waals surface area (Å²) in [5.74, 6) is 0.286. The lowest BCUT2D eigenvalue weighted by atomic mass is 10.1. The van der Waals surface area contributed by atoms with E-state index in [1.807, 2.05) is 6.92 Å². The van der Waals surface area contributed by atoms with Crippen LogP contribution in [0, 0.1) is 6.92 Å². The second-order valence-corrected chi connectivity index (χ2v) is 5.07. The predicted octanol–water partition coefficient (Wildman–Crippen LogP) is 4.31. The van der Waals surface area contributed by atoms with Crippen molar-refractivity contribution in [3.05, 3.63) is 53.6 Å². The average molecular weight is 319 g/mol. The van der Waals surface area contributed by atoms with Crippen LogP contribution in [0.25, 0.3) is 22.8 Å². The molecule has 0 saturated heterocycles. The molecule has 0 aliphatic heterocycles. The number of benzene rings is 2. The fourth-order valence-corrected chi connectivity index (χ4v) is 2.07. The van der Waals surface area contributed by atoms with E-state index in [0.717, 1.165) is 17.7 Å². The minimum atomic E-state index is -4.42. The van der Waals surface area contributed by atoms with E-state index in [1.165, 1.54) is 12.1 Å². The molecule has 0 fully saturated rings. The van der Waals surface area contributed by atoms with Gasteiger partial charge < -0.3 is 10.3 Å². The zero-order valence-electron chi connectivity index (χ0n) is 12.1. The van der Waals surface area contributed by atoms with Crippen LogP contribution in [0.3, 0.4) is 0 Å². The van der Waals surface area contributed by atoms with E-state index in [-0.39, 0.29) is 17.3 Å². The Bertz CT molecular complexity index is 856. The predicted molar refractivity (Wildman–Crippen MR) is 79.3 cm³/mol. The molecule has 23 heavy (non-hydrogen) atoms. The molecule has 1 heterocycles. The van der Waals surface area contributed by atoms with E-state index in [1.54, 1.807) is 18.2 Å². The van der Waals surface area contributed by atoms with Crippen molar-refractivity contribution in [1.29, 1.82) is 0 Å². The Kier molecular flexibility index (Phi) is 3.55. The fourth-order valence-electron chi connectivity index (χ4n) is 2.07. The SMILES string of the molecule is Cc1ccc(-c2nc(-c3cccc(C(F)(F)F)c3)no2)cc1N. The molecule has 0 atom stereocenters. The molecule has 2 aromatic carbocycles. The number of rotatable bonds is 2. The Morgan fingerprint density at radius 2 is 1.83 bits per heavy atom. The monoisotopic (exact) mass is 319 g/mol. The van der Waals surface area contributed by atoms with Crippen molar-refractivity contribution in [2.75, 3.05) is 5.73 Å². The maximum Gasteiger partial charge on any atom is 0.416 e. The van der Waals surface area contributed by atoms with Crippen LogP contribution in [0.15, 0.2) is 47.0 Å². The lowest BCUT2D eigenvalue weighted by molar-refractivity contribution is -0.137. The third kappa shape index (κ3) is 3.03. The highest BCUT2D eigenvalue weighted by molar-refractivity contribution is 5.65. The molecule has 0 unspecified atom stereocenters. The third-order valence-electron chi connectivity index (χ3n) is 3.40. The minimum absolute atomic E-state index is 0.0882. The number of hydrogen-bond acceptors (Lipinski definition) is 4. The van der Waals surface area contributed by atoms with Gasteiger partial charge in [0.25, 0.3) is 5.89 Å². The van der Waals surface area contributed by atoms with Crippen molar-refractivity contribution in [3.63, 3.8) is 0 Å². The molecule has 0 bridgehead atoms. The van der Waals surface area contributed by atoms with Crippen molar-refractivity contribution < 1.29 is 17.7 Å². The largest absolute Gasteiger partial charge is 0.416 e. The smallest absolute Gasteiger partial charge is 0.398 e. The van der Waals surface area contributed by atoms with Crippen LogP contribution >= 0.6 is 0 Å². The second-order valence-electron chi connectivity index (χ2n) is 5.07. The number of aryl methyl sites for hydroxylation is 1. The summed E-state index contributed by atoms with van der Waals surface area (Å²) in [5.41, 5.74) is 7.39. The molecular weight excluding hydrogens is 307 g/mol. The maximum atomic E-state index is 12.8. The molecule has 0 spiro atoms. The summed E-state index contributed by atoms with van der Waals surface area (Å²) >= 11 is 0. The van der Waals surface area contributed by atoms with Crippen molar-refractivity contribution in [3.8, 4) is 22.8 Å². The van der Waals surface area contributed by atoms with Gasteiger partial charge in [-0.3, -0.25) is 0 Å². The molecule has 2 N–H and O–H groups in total. The zero-order valence-corrected chi connectivity index (χ0v) is 12.1. The number of halogens is 3. The van der Waals surface area contributed by atoms with Gasteiger partial charge in [-0.2, -0.15) is 18.2 Å². The fraction of sp³-hybridized carbons (Fsp3) is 0.125. The van der Waals surface area contributed by atoms with E-state index in [9.17, 15) is 13.2 Å². The van der Waals surface area contributed by atoms with Gasteiger partial charge in [0.1, 0.15) is 0 Å². The number of nitrogens with zero attached hydrogens (tertiary/aromatic N) is 2. The van der Waals surface area contributed by atoms with Gasteiger partial charge in [0.05, 0.1) is 5.56 Å². The zero-order chi connectivity index (χ0) is 16.6. The van der Waals surface area contributed by atoms with E-state index in [2.05, 4.69) is 10.1 Å². The van der Waals surface area contributed by atoms with Crippen LogP contribution in [0.5, 0.6) is 0 Å². The van der Waals surface area contributed by atoms with Gasteiger partial charge in [0.2, 0.25) is 5.82 Å². The topological polar surface area (TPSA) is 64.9 Å². The van der Waals surface area contributed by atoms with Crippen LogP contribution in [-0.2, 0) is 6.18 Å². The molecule has 0 amide bonds. The molecule has 0 radical (unpaired) electrons. The Balaban J connectivity index is 1.97. The summed E-state index contributed by atoms with van der Waals surface area (Å²) in [6.45, 7) is 1.86. The summed E-state index contributed by atoms with van der Waals surface area (Å²) < 4.78 is 43.4. The maximum absolute atomic E-state index is 12.8. The molecule has 0 aliphatic carbocycles. The van der Waals surface area contributed by atoms with Crippen molar-refractivity contribution in [1.82, 2.24) is 10.1 Å². The first-order chi connectivity index (χ1) is 10.8. The highest BCUT2D eigenvalue weighted by atomic mass is 19.4. The molecule has 1 aromatic heterocycles. The Morgan fingerprint density at radius 1 is 1.04 bits per heavy atom. The number of alkyl halides is 3. The summed E-state index contributed by atoms with van der Waals surface area (Å²) in [7, 11) is 0. The van der Waals surface area contributed by atoms with Gasteiger partial charge in [0.15, 0.2) is 0 Å². The summed E-state index contributed by atoms with van der Waals surface area (Å²) in [6.07, 6.45) is -4.42. The molecule has 0 aliphatic rings. The minimum Gasteiger partial charge on any atom is -0.398 e. The summed E-state index contributed by atoms with van der Waals surface area (Å²) in [4.78, 5) is 4.14. The van der Waals surface area contributed by atoms with Gasteiger partial charge in [-0.1, -0.05) is 23.4 Å². The van der Waals surface area contributed by atoms with Gasteiger partial charge in [0, 0.05) is 16.8 Å². The number of anilines is 1. The number of nitrogens with two attached hydrogens (primary N) is 1.